The monoisotopic (exact) mass is 490 g/mol. The van der Waals surface area contributed by atoms with Crippen LogP contribution in [0.1, 0.15) is 42.3 Å². The number of nitrogens with two attached hydrogens (primary N) is 1. The van der Waals surface area contributed by atoms with E-state index in [-0.39, 0.29) is 28.2 Å². The third kappa shape index (κ3) is 5.40. The van der Waals surface area contributed by atoms with Gasteiger partial charge in [0.25, 0.3) is 5.56 Å². The Balaban J connectivity index is 1.79. The normalized spacial score (nSPS) is 12.3. The van der Waals surface area contributed by atoms with Gasteiger partial charge < -0.3 is 15.0 Å². The number of nitrogens with zero attached hydrogens (tertiary/aromatic N) is 1. The van der Waals surface area contributed by atoms with Gasteiger partial charge in [-0.1, -0.05) is 38.1 Å². The van der Waals surface area contributed by atoms with Crippen LogP contribution < -0.4 is 16.0 Å². The molecule has 1 atom stereocenters. The fourth-order valence-corrected chi connectivity index (χ4v) is 3.67. The Morgan fingerprint density at radius 1 is 1.10 bits per heavy atom. The molecule has 0 aliphatic carbocycles. The van der Waals surface area contributed by atoms with Crippen molar-refractivity contribution in [3.8, 4) is 5.75 Å². The summed E-state index contributed by atoms with van der Waals surface area (Å²) in [5.74, 6) is -0.703. The highest BCUT2D eigenvalue weighted by Gasteiger charge is 2.15. The van der Waals surface area contributed by atoms with E-state index in [2.05, 4.69) is 29.8 Å². The standard InChI is InChI=1S/C24H25BrF2N2O2/c1-14(2)23(28)17-6-4-16(5-7-17)12-29-15(3)10-21(22(25)24(29)30)31-13-18-8-9-19(26)11-20(18)27/h4-11,14,23H,12-13,28H2,1-3H3. The molecule has 1 heterocycles. The van der Waals surface area contributed by atoms with E-state index in [1.807, 2.05) is 31.2 Å². The van der Waals surface area contributed by atoms with Crippen LogP contribution in [0.5, 0.6) is 5.75 Å². The number of rotatable bonds is 7. The molecule has 0 fully saturated rings. The van der Waals surface area contributed by atoms with Crippen LogP contribution in [0.25, 0.3) is 0 Å². The first-order chi connectivity index (χ1) is 14.7. The van der Waals surface area contributed by atoms with Gasteiger partial charge in [-0.3, -0.25) is 4.79 Å². The molecule has 2 N–H and O–H groups in total. The van der Waals surface area contributed by atoms with Crippen molar-refractivity contribution in [2.75, 3.05) is 0 Å². The smallest absolute Gasteiger partial charge is 0.269 e. The summed E-state index contributed by atoms with van der Waals surface area (Å²) in [7, 11) is 0. The highest BCUT2D eigenvalue weighted by Crippen LogP contribution is 2.25. The fraction of sp³-hybridized carbons (Fsp3) is 0.292. The van der Waals surface area contributed by atoms with Crippen LogP contribution in [0.2, 0.25) is 0 Å². The van der Waals surface area contributed by atoms with Gasteiger partial charge >= 0.3 is 0 Å². The SMILES string of the molecule is Cc1cc(OCc2ccc(F)cc2F)c(Br)c(=O)n1Cc1ccc(C(N)C(C)C)cc1. The van der Waals surface area contributed by atoms with Gasteiger partial charge in [0.2, 0.25) is 0 Å². The van der Waals surface area contributed by atoms with Gasteiger partial charge in [0, 0.05) is 29.4 Å². The molecule has 0 aliphatic heterocycles. The molecule has 0 saturated carbocycles. The molecule has 164 valence electrons. The van der Waals surface area contributed by atoms with Gasteiger partial charge in [-0.05, 0) is 52.0 Å². The van der Waals surface area contributed by atoms with Crippen LogP contribution in [0.3, 0.4) is 0 Å². The van der Waals surface area contributed by atoms with E-state index >= 15 is 0 Å². The van der Waals surface area contributed by atoms with Crippen molar-refractivity contribution in [1.82, 2.24) is 4.57 Å². The Morgan fingerprint density at radius 3 is 2.39 bits per heavy atom. The Kier molecular flexibility index (Phi) is 7.28. The maximum absolute atomic E-state index is 13.8. The summed E-state index contributed by atoms with van der Waals surface area (Å²) in [6.45, 7) is 6.24. The molecule has 2 aromatic carbocycles. The number of ether oxygens (including phenoxy) is 1. The predicted octanol–water partition coefficient (Wildman–Crippen LogP) is 5.48. The third-order valence-corrected chi connectivity index (χ3v) is 5.97. The van der Waals surface area contributed by atoms with Crippen molar-refractivity contribution in [2.24, 2.45) is 11.7 Å². The van der Waals surface area contributed by atoms with Gasteiger partial charge in [0.15, 0.2) is 0 Å². The number of hydrogen-bond acceptors (Lipinski definition) is 3. The molecule has 1 unspecified atom stereocenters. The predicted molar refractivity (Wildman–Crippen MR) is 121 cm³/mol. The van der Waals surface area contributed by atoms with Crippen molar-refractivity contribution in [3.63, 3.8) is 0 Å². The van der Waals surface area contributed by atoms with Crippen molar-refractivity contribution in [3.05, 3.63) is 97.4 Å². The molecule has 3 aromatic rings. The summed E-state index contributed by atoms with van der Waals surface area (Å²) < 4.78 is 34.4. The first-order valence-electron chi connectivity index (χ1n) is 9.98. The topological polar surface area (TPSA) is 57.2 Å². The summed E-state index contributed by atoms with van der Waals surface area (Å²) in [5, 5.41) is 0. The van der Waals surface area contributed by atoms with Crippen LogP contribution in [-0.4, -0.2) is 4.57 Å². The van der Waals surface area contributed by atoms with Crippen LogP contribution in [0.4, 0.5) is 8.78 Å². The molecule has 0 radical (unpaired) electrons. The highest BCUT2D eigenvalue weighted by molar-refractivity contribution is 9.10. The second-order valence-electron chi connectivity index (χ2n) is 7.89. The largest absolute Gasteiger partial charge is 0.487 e. The zero-order valence-electron chi connectivity index (χ0n) is 17.7. The maximum Gasteiger partial charge on any atom is 0.269 e. The number of benzene rings is 2. The van der Waals surface area contributed by atoms with E-state index in [1.54, 1.807) is 10.6 Å². The summed E-state index contributed by atoms with van der Waals surface area (Å²) in [4.78, 5) is 12.9. The molecule has 0 amide bonds. The molecule has 0 bridgehead atoms. The number of aryl methyl sites for hydroxylation is 1. The average Bonchev–Trinajstić information content (AvgIpc) is 2.73. The number of aromatic nitrogens is 1. The second-order valence-corrected chi connectivity index (χ2v) is 8.68. The molecule has 1 aromatic heterocycles. The third-order valence-electron chi connectivity index (χ3n) is 5.24. The van der Waals surface area contributed by atoms with E-state index in [0.29, 0.717) is 23.9 Å². The zero-order valence-corrected chi connectivity index (χ0v) is 19.2. The summed E-state index contributed by atoms with van der Waals surface area (Å²) in [6, 6.07) is 12.9. The first-order valence-corrected chi connectivity index (χ1v) is 10.8. The van der Waals surface area contributed by atoms with E-state index in [4.69, 9.17) is 10.5 Å². The number of hydrogen-bond donors (Lipinski definition) is 1. The second kappa shape index (κ2) is 9.75. The Morgan fingerprint density at radius 2 is 1.77 bits per heavy atom. The quantitative estimate of drug-likeness (QED) is 0.476. The van der Waals surface area contributed by atoms with Crippen LogP contribution >= 0.6 is 15.9 Å². The molecule has 3 rings (SSSR count). The van der Waals surface area contributed by atoms with Gasteiger partial charge in [-0.25, -0.2) is 8.78 Å². The van der Waals surface area contributed by atoms with Crippen molar-refractivity contribution >= 4 is 15.9 Å². The minimum absolute atomic E-state index is 0.0324. The minimum atomic E-state index is -0.693. The van der Waals surface area contributed by atoms with Gasteiger partial charge in [0.05, 0.1) is 6.54 Å². The molecule has 4 nitrogen and oxygen atoms in total. The van der Waals surface area contributed by atoms with Crippen molar-refractivity contribution in [2.45, 2.75) is 40.0 Å². The first kappa shape index (κ1) is 23.2. The van der Waals surface area contributed by atoms with Gasteiger partial charge in [-0.15, -0.1) is 0 Å². The Bertz CT molecular complexity index is 1130. The van der Waals surface area contributed by atoms with E-state index < -0.39 is 11.6 Å². The zero-order chi connectivity index (χ0) is 22.7. The highest BCUT2D eigenvalue weighted by atomic mass is 79.9. The van der Waals surface area contributed by atoms with Gasteiger partial charge in [0.1, 0.15) is 28.5 Å². The number of pyridine rings is 1. The molecule has 7 heteroatoms. The molecule has 0 aliphatic rings. The lowest BCUT2D eigenvalue weighted by molar-refractivity contribution is 0.296. The lowest BCUT2D eigenvalue weighted by atomic mass is 9.96. The Labute approximate surface area is 188 Å². The minimum Gasteiger partial charge on any atom is -0.487 e. The molecular formula is C24H25BrF2N2O2. The summed E-state index contributed by atoms with van der Waals surface area (Å²) >= 11 is 3.30. The van der Waals surface area contributed by atoms with E-state index in [9.17, 15) is 13.6 Å². The average molecular weight is 491 g/mol. The Hall–Kier alpha value is -2.51. The molecule has 31 heavy (non-hydrogen) atoms. The fourth-order valence-electron chi connectivity index (χ4n) is 3.22. The lowest BCUT2D eigenvalue weighted by Gasteiger charge is -2.17. The molecular weight excluding hydrogens is 466 g/mol. The van der Waals surface area contributed by atoms with Gasteiger partial charge in [-0.2, -0.15) is 0 Å². The maximum atomic E-state index is 13.8. The van der Waals surface area contributed by atoms with Crippen LogP contribution in [0.15, 0.2) is 57.8 Å². The van der Waals surface area contributed by atoms with E-state index in [0.717, 1.165) is 17.2 Å². The lowest BCUT2D eigenvalue weighted by Crippen LogP contribution is -2.24. The van der Waals surface area contributed by atoms with Crippen LogP contribution in [0, 0.1) is 24.5 Å². The van der Waals surface area contributed by atoms with Crippen molar-refractivity contribution in [1.29, 1.82) is 0 Å². The molecule has 0 saturated heterocycles. The number of halogens is 3. The molecule has 0 spiro atoms. The summed E-state index contributed by atoms with van der Waals surface area (Å²) in [5.41, 5.74) is 8.87. The van der Waals surface area contributed by atoms with Crippen LogP contribution in [-0.2, 0) is 13.2 Å². The summed E-state index contributed by atoms with van der Waals surface area (Å²) in [6.07, 6.45) is 0. The van der Waals surface area contributed by atoms with Crippen molar-refractivity contribution < 1.29 is 13.5 Å². The van der Waals surface area contributed by atoms with E-state index in [1.165, 1.54) is 12.1 Å².